The van der Waals surface area contributed by atoms with Crippen LogP contribution in [0.3, 0.4) is 0 Å². The Morgan fingerprint density at radius 3 is 2.57 bits per heavy atom. The van der Waals surface area contributed by atoms with Crippen molar-refractivity contribution < 1.29 is 10.2 Å². The number of nitrogens with two attached hydrogens (primary N) is 1. The summed E-state index contributed by atoms with van der Waals surface area (Å²) in [4.78, 5) is 0. The van der Waals surface area contributed by atoms with Crippen LogP contribution in [-0.2, 0) is 0 Å². The van der Waals surface area contributed by atoms with Gasteiger partial charge in [-0.25, -0.2) is 0 Å². The van der Waals surface area contributed by atoms with Crippen LogP contribution in [0, 0.1) is 0 Å². The monoisotopic (exact) mass is 259 g/mol. The van der Waals surface area contributed by atoms with Crippen LogP contribution in [0.5, 0.6) is 11.5 Å². The van der Waals surface area contributed by atoms with Gasteiger partial charge in [-0.3, -0.25) is 0 Å². The van der Waals surface area contributed by atoms with Crippen LogP contribution >= 0.6 is 15.9 Å². The molecule has 1 aromatic carbocycles. The van der Waals surface area contributed by atoms with E-state index in [-0.39, 0.29) is 17.4 Å². The fourth-order valence-electron chi connectivity index (χ4n) is 1.37. The van der Waals surface area contributed by atoms with Crippen molar-refractivity contribution in [1.82, 2.24) is 0 Å². The molecule has 4 N–H and O–H groups in total. The molecule has 0 amide bonds. The van der Waals surface area contributed by atoms with Crippen molar-refractivity contribution in [1.29, 1.82) is 0 Å². The first-order chi connectivity index (χ1) is 6.57. The largest absolute Gasteiger partial charge is 0.504 e. The third-order valence-corrected chi connectivity index (χ3v) is 2.90. The highest BCUT2D eigenvalue weighted by molar-refractivity contribution is 9.10. The molecule has 0 fully saturated rings. The maximum atomic E-state index is 9.65. The Morgan fingerprint density at radius 2 is 2.00 bits per heavy atom. The molecule has 1 aromatic rings. The summed E-state index contributed by atoms with van der Waals surface area (Å²) in [6.07, 6.45) is 0.786. The van der Waals surface area contributed by atoms with Crippen LogP contribution < -0.4 is 5.73 Å². The first-order valence-electron chi connectivity index (χ1n) is 4.48. The SMILES string of the molecule is CC(CCN)c1ccc(Br)c(O)c1O. The van der Waals surface area contributed by atoms with E-state index < -0.39 is 0 Å². The summed E-state index contributed by atoms with van der Waals surface area (Å²) in [5, 5.41) is 19.1. The average Bonchev–Trinajstić information content (AvgIpc) is 2.15. The van der Waals surface area contributed by atoms with Crippen LogP contribution in [0.2, 0.25) is 0 Å². The molecule has 0 saturated heterocycles. The minimum Gasteiger partial charge on any atom is -0.504 e. The van der Waals surface area contributed by atoms with Crippen LogP contribution in [-0.4, -0.2) is 16.8 Å². The van der Waals surface area contributed by atoms with Crippen LogP contribution in [0.15, 0.2) is 16.6 Å². The molecule has 1 unspecified atom stereocenters. The fraction of sp³-hybridized carbons (Fsp3) is 0.400. The maximum Gasteiger partial charge on any atom is 0.172 e. The van der Waals surface area contributed by atoms with Gasteiger partial charge in [0.2, 0.25) is 0 Å². The number of phenolic OH excluding ortho intramolecular Hbond substituents is 2. The third kappa shape index (κ3) is 2.19. The highest BCUT2D eigenvalue weighted by Gasteiger charge is 2.14. The first-order valence-corrected chi connectivity index (χ1v) is 5.27. The second kappa shape index (κ2) is 4.66. The molecule has 3 nitrogen and oxygen atoms in total. The third-order valence-electron chi connectivity index (χ3n) is 2.26. The Balaban J connectivity index is 3.04. The first kappa shape index (κ1) is 11.3. The molecule has 0 saturated carbocycles. The fourth-order valence-corrected chi connectivity index (χ4v) is 1.69. The van der Waals surface area contributed by atoms with Gasteiger partial charge in [0.05, 0.1) is 4.47 Å². The van der Waals surface area contributed by atoms with E-state index >= 15 is 0 Å². The Hall–Kier alpha value is -0.740. The van der Waals surface area contributed by atoms with Crippen molar-refractivity contribution >= 4 is 15.9 Å². The van der Waals surface area contributed by atoms with E-state index in [1.54, 1.807) is 12.1 Å². The normalized spacial score (nSPS) is 12.8. The molecule has 0 heterocycles. The summed E-state index contributed by atoms with van der Waals surface area (Å²) in [5.41, 5.74) is 6.16. The molecular formula is C10H14BrNO2. The van der Waals surface area contributed by atoms with Crippen molar-refractivity contribution in [2.24, 2.45) is 5.73 Å². The van der Waals surface area contributed by atoms with Gasteiger partial charge in [0.25, 0.3) is 0 Å². The lowest BCUT2D eigenvalue weighted by Gasteiger charge is -2.13. The number of rotatable bonds is 3. The zero-order valence-electron chi connectivity index (χ0n) is 8.00. The topological polar surface area (TPSA) is 66.5 Å². The van der Waals surface area contributed by atoms with Crippen LogP contribution in [0.25, 0.3) is 0 Å². The minimum absolute atomic E-state index is 0.0553. The highest BCUT2D eigenvalue weighted by Crippen LogP contribution is 2.39. The van der Waals surface area contributed by atoms with E-state index in [9.17, 15) is 10.2 Å². The molecule has 78 valence electrons. The van der Waals surface area contributed by atoms with Gasteiger partial charge in [-0.1, -0.05) is 13.0 Å². The van der Waals surface area contributed by atoms with Crippen LogP contribution in [0.1, 0.15) is 24.8 Å². The van der Waals surface area contributed by atoms with Gasteiger partial charge in [-0.2, -0.15) is 0 Å². The zero-order valence-corrected chi connectivity index (χ0v) is 9.58. The summed E-state index contributed by atoms with van der Waals surface area (Å²) < 4.78 is 0.499. The number of hydrogen-bond acceptors (Lipinski definition) is 3. The van der Waals surface area contributed by atoms with E-state index in [4.69, 9.17) is 5.73 Å². The Bertz CT molecular complexity index is 328. The van der Waals surface area contributed by atoms with E-state index in [0.29, 0.717) is 11.0 Å². The second-order valence-electron chi connectivity index (χ2n) is 3.31. The van der Waals surface area contributed by atoms with Crippen molar-refractivity contribution in [2.45, 2.75) is 19.3 Å². The van der Waals surface area contributed by atoms with Crippen molar-refractivity contribution in [3.63, 3.8) is 0 Å². The van der Waals surface area contributed by atoms with Gasteiger partial charge in [0.15, 0.2) is 11.5 Å². The molecule has 14 heavy (non-hydrogen) atoms. The maximum absolute atomic E-state index is 9.65. The molecule has 4 heteroatoms. The van der Waals surface area contributed by atoms with Gasteiger partial charge in [-0.15, -0.1) is 0 Å². The molecule has 0 bridgehead atoms. The minimum atomic E-state index is -0.105. The van der Waals surface area contributed by atoms with E-state index in [1.807, 2.05) is 6.92 Å². The Morgan fingerprint density at radius 1 is 1.36 bits per heavy atom. The number of halogens is 1. The van der Waals surface area contributed by atoms with Crippen molar-refractivity contribution in [3.8, 4) is 11.5 Å². The highest BCUT2D eigenvalue weighted by atomic mass is 79.9. The molecule has 0 aliphatic rings. The lowest BCUT2D eigenvalue weighted by atomic mass is 9.96. The molecule has 1 rings (SSSR count). The predicted octanol–water partition coefficient (Wildman–Crippen LogP) is 2.31. The van der Waals surface area contributed by atoms with E-state index in [2.05, 4.69) is 15.9 Å². The predicted molar refractivity (Wildman–Crippen MR) is 59.6 cm³/mol. The molecule has 0 aromatic heterocycles. The lowest BCUT2D eigenvalue weighted by Crippen LogP contribution is -2.04. The lowest BCUT2D eigenvalue weighted by molar-refractivity contribution is 0.393. The van der Waals surface area contributed by atoms with Gasteiger partial charge in [0.1, 0.15) is 0 Å². The molecule has 0 radical (unpaired) electrons. The smallest absolute Gasteiger partial charge is 0.172 e. The summed E-state index contributed by atoms with van der Waals surface area (Å²) in [7, 11) is 0. The van der Waals surface area contributed by atoms with E-state index in [0.717, 1.165) is 12.0 Å². The Labute approximate surface area is 91.7 Å². The number of aromatic hydroxyl groups is 2. The van der Waals surface area contributed by atoms with E-state index in [1.165, 1.54) is 0 Å². The standard InChI is InChI=1S/C10H14BrNO2/c1-6(4-5-12)7-2-3-8(11)10(14)9(7)13/h2-3,6,13-14H,4-5,12H2,1H3. The summed E-state index contributed by atoms with van der Waals surface area (Å²) >= 11 is 3.13. The number of benzene rings is 1. The number of hydrogen-bond donors (Lipinski definition) is 3. The second-order valence-corrected chi connectivity index (χ2v) is 4.17. The van der Waals surface area contributed by atoms with Crippen LogP contribution in [0.4, 0.5) is 0 Å². The molecular weight excluding hydrogens is 246 g/mol. The summed E-state index contributed by atoms with van der Waals surface area (Å²) in [6.45, 7) is 2.53. The van der Waals surface area contributed by atoms with Gasteiger partial charge < -0.3 is 15.9 Å². The van der Waals surface area contributed by atoms with Crippen molar-refractivity contribution in [2.75, 3.05) is 6.54 Å². The van der Waals surface area contributed by atoms with Gasteiger partial charge in [0, 0.05) is 5.56 Å². The van der Waals surface area contributed by atoms with Gasteiger partial charge in [-0.05, 0) is 40.9 Å². The zero-order chi connectivity index (χ0) is 10.7. The summed E-state index contributed by atoms with van der Waals surface area (Å²) in [5.74, 6) is -0.00861. The Kier molecular flexibility index (Phi) is 3.77. The van der Waals surface area contributed by atoms with Gasteiger partial charge >= 0.3 is 0 Å². The summed E-state index contributed by atoms with van der Waals surface area (Å²) in [6, 6.07) is 3.51. The molecule has 0 aliphatic heterocycles. The van der Waals surface area contributed by atoms with Crippen molar-refractivity contribution in [3.05, 3.63) is 22.2 Å². The molecule has 1 atom stereocenters. The average molecular weight is 260 g/mol. The quantitative estimate of drug-likeness (QED) is 0.730. The molecule has 0 aliphatic carbocycles. The molecule has 0 spiro atoms. The number of phenols is 2.